The van der Waals surface area contributed by atoms with Crippen LogP contribution < -0.4 is 16.0 Å². The maximum atomic E-state index is 12.0. The number of anilines is 2. The predicted molar refractivity (Wildman–Crippen MR) is 104 cm³/mol. The van der Waals surface area contributed by atoms with Crippen molar-refractivity contribution in [1.82, 2.24) is 15.1 Å². The number of nitrogens with zero attached hydrogens (tertiary/aromatic N) is 2. The van der Waals surface area contributed by atoms with Gasteiger partial charge >= 0.3 is 6.03 Å². The van der Waals surface area contributed by atoms with E-state index in [1.807, 2.05) is 49.4 Å². The zero-order valence-electron chi connectivity index (χ0n) is 14.9. The van der Waals surface area contributed by atoms with Crippen molar-refractivity contribution in [2.75, 3.05) is 10.6 Å². The van der Waals surface area contributed by atoms with Gasteiger partial charge in [-0.2, -0.15) is 5.10 Å². The summed E-state index contributed by atoms with van der Waals surface area (Å²) in [6.45, 7) is 2.09. The maximum absolute atomic E-state index is 12.0. The third kappa shape index (κ3) is 5.43. The molecule has 7 nitrogen and oxygen atoms in total. The lowest BCUT2D eigenvalue weighted by molar-refractivity contribution is -0.122. The highest BCUT2D eigenvalue weighted by atomic mass is 16.2. The van der Waals surface area contributed by atoms with E-state index in [1.165, 1.54) is 0 Å². The fraction of sp³-hybridized carbons (Fsp3) is 0.150. The number of para-hydroxylation sites is 1. The number of benzene rings is 2. The number of carbonyl (C=O) groups is 2. The number of amides is 3. The summed E-state index contributed by atoms with van der Waals surface area (Å²) in [7, 11) is 0. The lowest BCUT2D eigenvalue weighted by atomic mass is 10.1. The minimum Gasteiger partial charge on any atom is -0.348 e. The molecule has 27 heavy (non-hydrogen) atoms. The number of rotatable bonds is 6. The Morgan fingerprint density at radius 2 is 1.63 bits per heavy atom. The number of hydrogen-bond donors (Lipinski definition) is 3. The molecule has 0 fully saturated rings. The Labute approximate surface area is 157 Å². The van der Waals surface area contributed by atoms with Crippen LogP contribution >= 0.6 is 0 Å². The summed E-state index contributed by atoms with van der Waals surface area (Å²) >= 11 is 0. The second-order valence-corrected chi connectivity index (χ2v) is 6.06. The van der Waals surface area contributed by atoms with Crippen molar-refractivity contribution in [3.05, 3.63) is 78.6 Å². The highest BCUT2D eigenvalue weighted by Gasteiger charge is 2.10. The average molecular weight is 363 g/mol. The molecule has 0 bridgehead atoms. The minimum absolute atomic E-state index is 0.115. The Kier molecular flexibility index (Phi) is 5.84. The van der Waals surface area contributed by atoms with Crippen LogP contribution in [-0.4, -0.2) is 21.7 Å². The lowest BCUT2D eigenvalue weighted by Crippen LogP contribution is -2.30. The molecule has 3 aromatic rings. The van der Waals surface area contributed by atoms with Crippen molar-refractivity contribution in [2.24, 2.45) is 0 Å². The van der Waals surface area contributed by atoms with Gasteiger partial charge in [-0.05, 0) is 42.8 Å². The fourth-order valence-corrected chi connectivity index (χ4v) is 2.58. The second kappa shape index (κ2) is 8.66. The second-order valence-electron chi connectivity index (χ2n) is 6.06. The van der Waals surface area contributed by atoms with E-state index in [9.17, 15) is 9.59 Å². The van der Waals surface area contributed by atoms with E-state index in [0.29, 0.717) is 5.69 Å². The number of nitrogens with one attached hydrogen (secondary N) is 3. The molecule has 3 amide bonds. The van der Waals surface area contributed by atoms with Crippen LogP contribution in [0.3, 0.4) is 0 Å². The topological polar surface area (TPSA) is 88.1 Å². The normalized spacial score (nSPS) is 11.4. The highest BCUT2D eigenvalue weighted by molar-refractivity contribution is 5.99. The van der Waals surface area contributed by atoms with Gasteiger partial charge in [-0.3, -0.25) is 9.48 Å². The van der Waals surface area contributed by atoms with Crippen LogP contribution in [-0.2, 0) is 11.3 Å². The van der Waals surface area contributed by atoms with Gasteiger partial charge in [0.25, 0.3) is 0 Å². The van der Waals surface area contributed by atoms with Crippen LogP contribution in [0.1, 0.15) is 18.5 Å². The van der Waals surface area contributed by atoms with Crippen molar-refractivity contribution in [3.8, 4) is 0 Å². The Morgan fingerprint density at radius 1 is 0.963 bits per heavy atom. The monoisotopic (exact) mass is 363 g/mol. The van der Waals surface area contributed by atoms with Crippen molar-refractivity contribution in [3.63, 3.8) is 0 Å². The van der Waals surface area contributed by atoms with E-state index in [1.54, 1.807) is 35.3 Å². The summed E-state index contributed by atoms with van der Waals surface area (Å²) < 4.78 is 1.57. The number of hydrogen-bond acceptors (Lipinski definition) is 3. The molecular formula is C20H21N5O2. The molecule has 3 rings (SSSR count). The molecule has 0 aliphatic carbocycles. The average Bonchev–Trinajstić information content (AvgIpc) is 3.15. The molecular weight excluding hydrogens is 342 g/mol. The molecule has 0 radical (unpaired) electrons. The van der Waals surface area contributed by atoms with Gasteiger partial charge in [-0.15, -0.1) is 0 Å². The van der Waals surface area contributed by atoms with Gasteiger partial charge in [0.15, 0.2) is 0 Å². The summed E-state index contributed by atoms with van der Waals surface area (Å²) in [5.74, 6) is -0.115. The Hall–Kier alpha value is -3.61. The molecule has 0 spiro atoms. The first-order valence-corrected chi connectivity index (χ1v) is 8.60. The van der Waals surface area contributed by atoms with E-state index in [-0.39, 0.29) is 24.5 Å². The molecule has 0 saturated carbocycles. The molecule has 1 atom stereocenters. The maximum Gasteiger partial charge on any atom is 0.323 e. The summed E-state index contributed by atoms with van der Waals surface area (Å²) in [6, 6.07) is 17.9. The first kappa shape index (κ1) is 18.2. The smallest absolute Gasteiger partial charge is 0.323 e. The largest absolute Gasteiger partial charge is 0.348 e. The quantitative estimate of drug-likeness (QED) is 0.627. The van der Waals surface area contributed by atoms with Gasteiger partial charge in [0.1, 0.15) is 6.54 Å². The molecule has 3 N–H and O–H groups in total. The van der Waals surface area contributed by atoms with E-state index in [0.717, 1.165) is 11.3 Å². The highest BCUT2D eigenvalue weighted by Crippen LogP contribution is 2.16. The Morgan fingerprint density at radius 3 is 2.26 bits per heavy atom. The molecule has 0 aliphatic heterocycles. The minimum atomic E-state index is -0.311. The number of aromatic nitrogens is 2. The Balaban J connectivity index is 1.51. The zero-order valence-corrected chi connectivity index (χ0v) is 14.9. The van der Waals surface area contributed by atoms with Gasteiger partial charge in [-0.25, -0.2) is 4.79 Å². The SMILES string of the molecule is CC(NC(=O)Cn1cccn1)c1ccc(NC(=O)Nc2ccccc2)cc1. The molecule has 0 saturated heterocycles. The third-order valence-electron chi connectivity index (χ3n) is 3.94. The van der Waals surface area contributed by atoms with Crippen molar-refractivity contribution < 1.29 is 9.59 Å². The van der Waals surface area contributed by atoms with Crippen molar-refractivity contribution in [2.45, 2.75) is 19.5 Å². The standard InChI is InChI=1S/C20H21N5O2/c1-15(22-19(26)14-25-13-5-12-21-25)16-8-10-18(11-9-16)24-20(27)23-17-6-3-2-4-7-17/h2-13,15H,14H2,1H3,(H,22,26)(H2,23,24,27). The molecule has 7 heteroatoms. The molecule has 1 heterocycles. The number of urea groups is 1. The van der Waals surface area contributed by atoms with Crippen molar-refractivity contribution >= 4 is 23.3 Å². The zero-order chi connectivity index (χ0) is 19.1. The molecule has 138 valence electrons. The van der Waals surface area contributed by atoms with Crippen LogP contribution in [0.15, 0.2) is 73.1 Å². The van der Waals surface area contributed by atoms with Gasteiger partial charge in [0.05, 0.1) is 6.04 Å². The van der Waals surface area contributed by atoms with Gasteiger partial charge < -0.3 is 16.0 Å². The van der Waals surface area contributed by atoms with E-state index in [4.69, 9.17) is 0 Å². The first-order valence-electron chi connectivity index (χ1n) is 8.60. The molecule has 1 unspecified atom stereocenters. The fourth-order valence-electron chi connectivity index (χ4n) is 2.58. The first-order chi connectivity index (χ1) is 13.1. The van der Waals surface area contributed by atoms with E-state index in [2.05, 4.69) is 21.0 Å². The summed E-state index contributed by atoms with van der Waals surface area (Å²) in [5.41, 5.74) is 2.33. The van der Waals surface area contributed by atoms with Gasteiger partial charge in [0.2, 0.25) is 5.91 Å². The van der Waals surface area contributed by atoms with Crippen LogP contribution in [0, 0.1) is 0 Å². The molecule has 0 aliphatic rings. The summed E-state index contributed by atoms with van der Waals surface area (Å²) in [5, 5.41) is 12.5. The number of carbonyl (C=O) groups excluding carboxylic acids is 2. The van der Waals surface area contributed by atoms with Crippen LogP contribution in [0.4, 0.5) is 16.2 Å². The summed E-state index contributed by atoms with van der Waals surface area (Å²) in [6.07, 6.45) is 3.38. The molecule has 2 aromatic carbocycles. The van der Waals surface area contributed by atoms with Gasteiger partial charge in [0, 0.05) is 23.8 Å². The lowest BCUT2D eigenvalue weighted by Gasteiger charge is -2.15. The summed E-state index contributed by atoms with van der Waals surface area (Å²) in [4.78, 5) is 24.1. The van der Waals surface area contributed by atoms with Crippen LogP contribution in [0.2, 0.25) is 0 Å². The van der Waals surface area contributed by atoms with Gasteiger partial charge in [-0.1, -0.05) is 30.3 Å². The van der Waals surface area contributed by atoms with E-state index >= 15 is 0 Å². The Bertz CT molecular complexity index is 877. The van der Waals surface area contributed by atoms with Crippen LogP contribution in [0.25, 0.3) is 0 Å². The van der Waals surface area contributed by atoms with Crippen molar-refractivity contribution in [1.29, 1.82) is 0 Å². The predicted octanol–water partition coefficient (Wildman–Crippen LogP) is 3.40. The third-order valence-corrected chi connectivity index (χ3v) is 3.94. The molecule has 1 aromatic heterocycles. The van der Waals surface area contributed by atoms with Crippen LogP contribution in [0.5, 0.6) is 0 Å². The van der Waals surface area contributed by atoms with E-state index < -0.39 is 0 Å².